The number of hydrogen-bond acceptors (Lipinski definition) is 5. The highest BCUT2D eigenvalue weighted by molar-refractivity contribution is 6.30. The van der Waals surface area contributed by atoms with Crippen molar-refractivity contribution in [3.05, 3.63) is 46.5 Å². The Morgan fingerprint density at radius 3 is 2.46 bits per heavy atom. The zero-order chi connectivity index (χ0) is 20.3. The Morgan fingerprint density at radius 2 is 1.82 bits per heavy atom. The van der Waals surface area contributed by atoms with Crippen molar-refractivity contribution in [3.8, 4) is 0 Å². The standard InChI is InChI=1S/C20H25ClFN5O/c1-12-23-18(11-19(24-12)27(2)3)25-14-5-7-15(8-6-14)26-20(28)13-4-9-16(21)17(22)10-13/h4,9-11,14-15H,5-8H2,1-3H3,(H,26,28)(H,23,24,25). The van der Waals surface area contributed by atoms with Crippen molar-refractivity contribution in [2.24, 2.45) is 0 Å². The maximum Gasteiger partial charge on any atom is 0.251 e. The molecule has 1 aliphatic carbocycles. The fourth-order valence-corrected chi connectivity index (χ4v) is 3.47. The molecule has 2 aromatic rings. The third kappa shape index (κ3) is 5.10. The van der Waals surface area contributed by atoms with Gasteiger partial charge in [0.05, 0.1) is 5.02 Å². The number of aryl methyl sites for hydroxylation is 1. The van der Waals surface area contributed by atoms with Crippen LogP contribution in [0.3, 0.4) is 0 Å². The lowest BCUT2D eigenvalue weighted by molar-refractivity contribution is 0.0926. The van der Waals surface area contributed by atoms with Gasteiger partial charge in [-0.25, -0.2) is 14.4 Å². The summed E-state index contributed by atoms with van der Waals surface area (Å²) in [4.78, 5) is 23.2. The van der Waals surface area contributed by atoms with E-state index in [4.69, 9.17) is 11.6 Å². The number of benzene rings is 1. The molecular weight excluding hydrogens is 381 g/mol. The number of carbonyl (C=O) groups excluding carboxylic acids is 1. The van der Waals surface area contributed by atoms with Crippen molar-refractivity contribution in [1.82, 2.24) is 15.3 Å². The number of halogens is 2. The molecule has 1 heterocycles. The van der Waals surface area contributed by atoms with Gasteiger partial charge in [-0.05, 0) is 50.8 Å². The molecule has 0 radical (unpaired) electrons. The summed E-state index contributed by atoms with van der Waals surface area (Å²) < 4.78 is 13.5. The Kier molecular flexibility index (Phi) is 6.34. The van der Waals surface area contributed by atoms with Crippen LogP contribution in [0.4, 0.5) is 16.0 Å². The molecule has 3 rings (SSSR count). The number of anilines is 2. The van der Waals surface area contributed by atoms with Gasteiger partial charge in [0, 0.05) is 37.8 Å². The second kappa shape index (κ2) is 8.73. The Morgan fingerprint density at radius 1 is 1.14 bits per heavy atom. The van der Waals surface area contributed by atoms with Crippen LogP contribution in [0, 0.1) is 12.7 Å². The number of rotatable bonds is 5. The van der Waals surface area contributed by atoms with Gasteiger partial charge in [0.15, 0.2) is 0 Å². The molecule has 0 saturated heterocycles. The van der Waals surface area contributed by atoms with Gasteiger partial charge < -0.3 is 15.5 Å². The first kappa shape index (κ1) is 20.3. The van der Waals surface area contributed by atoms with Gasteiger partial charge in [0.1, 0.15) is 23.3 Å². The zero-order valence-electron chi connectivity index (χ0n) is 16.3. The van der Waals surface area contributed by atoms with Crippen molar-refractivity contribution in [1.29, 1.82) is 0 Å². The van der Waals surface area contributed by atoms with E-state index < -0.39 is 5.82 Å². The molecule has 8 heteroatoms. The van der Waals surface area contributed by atoms with Crippen LogP contribution in [0.1, 0.15) is 41.9 Å². The Labute approximate surface area is 169 Å². The van der Waals surface area contributed by atoms with Gasteiger partial charge in [-0.15, -0.1) is 0 Å². The first-order chi connectivity index (χ1) is 13.3. The van der Waals surface area contributed by atoms with Crippen molar-refractivity contribution < 1.29 is 9.18 Å². The van der Waals surface area contributed by atoms with Gasteiger partial charge in [-0.2, -0.15) is 0 Å². The van der Waals surface area contributed by atoms with E-state index in [1.165, 1.54) is 18.2 Å². The number of aromatic nitrogens is 2. The van der Waals surface area contributed by atoms with E-state index in [1.807, 2.05) is 32.0 Å². The van der Waals surface area contributed by atoms with E-state index in [9.17, 15) is 9.18 Å². The summed E-state index contributed by atoms with van der Waals surface area (Å²) in [6.45, 7) is 1.88. The van der Waals surface area contributed by atoms with Crippen LogP contribution in [0.15, 0.2) is 24.3 Å². The van der Waals surface area contributed by atoms with Crippen LogP contribution in [-0.2, 0) is 0 Å². The summed E-state index contributed by atoms with van der Waals surface area (Å²) in [5.41, 5.74) is 0.287. The average Bonchev–Trinajstić information content (AvgIpc) is 2.65. The fraction of sp³-hybridized carbons (Fsp3) is 0.450. The summed E-state index contributed by atoms with van der Waals surface area (Å²) >= 11 is 5.67. The summed E-state index contributed by atoms with van der Waals surface area (Å²) in [7, 11) is 3.90. The molecule has 0 bridgehead atoms. The third-order valence-electron chi connectivity index (χ3n) is 4.88. The van der Waals surface area contributed by atoms with Crippen molar-refractivity contribution in [3.63, 3.8) is 0 Å². The molecule has 1 aromatic carbocycles. The van der Waals surface area contributed by atoms with Gasteiger partial charge in [0.2, 0.25) is 0 Å². The van der Waals surface area contributed by atoms with Crippen LogP contribution in [-0.4, -0.2) is 42.1 Å². The summed E-state index contributed by atoms with van der Waals surface area (Å²) in [5, 5.41) is 6.49. The number of carbonyl (C=O) groups is 1. The lowest BCUT2D eigenvalue weighted by Gasteiger charge is -2.30. The van der Waals surface area contributed by atoms with E-state index in [-0.39, 0.29) is 22.5 Å². The van der Waals surface area contributed by atoms with Crippen molar-refractivity contribution >= 4 is 29.1 Å². The predicted molar refractivity (Wildman–Crippen MR) is 110 cm³/mol. The molecule has 1 aliphatic rings. The molecule has 1 fully saturated rings. The van der Waals surface area contributed by atoms with Crippen LogP contribution < -0.4 is 15.5 Å². The number of amides is 1. The number of hydrogen-bond donors (Lipinski definition) is 2. The van der Waals surface area contributed by atoms with Gasteiger partial charge >= 0.3 is 0 Å². The van der Waals surface area contributed by atoms with Gasteiger partial charge in [-0.1, -0.05) is 11.6 Å². The monoisotopic (exact) mass is 405 g/mol. The zero-order valence-corrected chi connectivity index (χ0v) is 17.1. The van der Waals surface area contributed by atoms with E-state index in [0.717, 1.165) is 43.1 Å². The maximum atomic E-state index is 13.5. The molecule has 0 spiro atoms. The van der Waals surface area contributed by atoms with E-state index >= 15 is 0 Å². The highest BCUT2D eigenvalue weighted by atomic mass is 35.5. The minimum Gasteiger partial charge on any atom is -0.367 e. The molecule has 150 valence electrons. The molecule has 1 saturated carbocycles. The van der Waals surface area contributed by atoms with E-state index in [2.05, 4.69) is 20.6 Å². The predicted octanol–water partition coefficient (Wildman–Crippen LogP) is 3.80. The minimum atomic E-state index is -0.584. The topological polar surface area (TPSA) is 70.2 Å². The molecule has 0 atom stereocenters. The van der Waals surface area contributed by atoms with E-state index in [1.54, 1.807) is 0 Å². The first-order valence-electron chi connectivity index (χ1n) is 9.37. The Bertz CT molecular complexity index is 852. The lowest BCUT2D eigenvalue weighted by Crippen LogP contribution is -2.40. The van der Waals surface area contributed by atoms with E-state index in [0.29, 0.717) is 6.04 Å². The second-order valence-corrected chi connectivity index (χ2v) is 7.76. The summed E-state index contributed by atoms with van der Waals surface area (Å²) in [5.74, 6) is 1.56. The summed E-state index contributed by atoms with van der Waals surface area (Å²) in [6.07, 6.45) is 3.54. The molecule has 1 aromatic heterocycles. The Balaban J connectivity index is 1.53. The van der Waals surface area contributed by atoms with Crippen LogP contribution in [0.5, 0.6) is 0 Å². The molecule has 1 amide bonds. The number of nitrogens with zero attached hydrogens (tertiary/aromatic N) is 3. The maximum absolute atomic E-state index is 13.5. The van der Waals surface area contributed by atoms with Gasteiger partial charge in [0.25, 0.3) is 5.91 Å². The minimum absolute atomic E-state index is 0.0144. The smallest absolute Gasteiger partial charge is 0.251 e. The molecular formula is C20H25ClFN5O. The quantitative estimate of drug-likeness (QED) is 0.791. The summed E-state index contributed by atoms with van der Waals surface area (Å²) in [6, 6.07) is 6.42. The number of nitrogens with one attached hydrogen (secondary N) is 2. The normalized spacial score (nSPS) is 19.2. The van der Waals surface area contributed by atoms with Gasteiger partial charge in [-0.3, -0.25) is 4.79 Å². The highest BCUT2D eigenvalue weighted by Gasteiger charge is 2.23. The molecule has 0 unspecified atom stereocenters. The lowest BCUT2D eigenvalue weighted by atomic mass is 9.91. The molecule has 0 aliphatic heterocycles. The first-order valence-corrected chi connectivity index (χ1v) is 9.75. The average molecular weight is 406 g/mol. The third-order valence-corrected chi connectivity index (χ3v) is 5.19. The van der Waals surface area contributed by atoms with Crippen LogP contribution in [0.25, 0.3) is 0 Å². The molecule has 28 heavy (non-hydrogen) atoms. The molecule has 6 nitrogen and oxygen atoms in total. The van der Waals surface area contributed by atoms with Crippen molar-refractivity contribution in [2.45, 2.75) is 44.7 Å². The van der Waals surface area contributed by atoms with Crippen LogP contribution >= 0.6 is 11.6 Å². The largest absolute Gasteiger partial charge is 0.367 e. The Hall–Kier alpha value is -2.41. The second-order valence-electron chi connectivity index (χ2n) is 7.35. The van der Waals surface area contributed by atoms with Crippen molar-refractivity contribution in [2.75, 3.05) is 24.3 Å². The SMILES string of the molecule is Cc1nc(NC2CCC(NC(=O)c3ccc(Cl)c(F)c3)CC2)cc(N(C)C)n1. The fourth-order valence-electron chi connectivity index (χ4n) is 3.35. The highest BCUT2D eigenvalue weighted by Crippen LogP contribution is 2.24. The molecule has 2 N–H and O–H groups in total. The van der Waals surface area contributed by atoms with Crippen LogP contribution in [0.2, 0.25) is 5.02 Å².